The van der Waals surface area contributed by atoms with Crippen molar-refractivity contribution in [1.82, 2.24) is 0 Å². The summed E-state index contributed by atoms with van der Waals surface area (Å²) in [5.41, 5.74) is 0.929. The lowest BCUT2D eigenvalue weighted by Gasteiger charge is -2.15. The van der Waals surface area contributed by atoms with Crippen molar-refractivity contribution in [3.8, 4) is 0 Å². The van der Waals surface area contributed by atoms with Crippen LogP contribution in [0.4, 0.5) is 18.9 Å². The molecule has 1 unspecified atom stereocenters. The van der Waals surface area contributed by atoms with Crippen molar-refractivity contribution in [2.45, 2.75) is 13.0 Å². The molecule has 0 aliphatic carbocycles. The van der Waals surface area contributed by atoms with Gasteiger partial charge >= 0.3 is 0 Å². The number of hydrogen-bond donors (Lipinski definition) is 2. The predicted molar refractivity (Wildman–Crippen MR) is 70.9 cm³/mol. The smallest absolute Gasteiger partial charge is 0.131 e. The van der Waals surface area contributed by atoms with Gasteiger partial charge in [0.1, 0.15) is 17.5 Å². The second-order valence-electron chi connectivity index (χ2n) is 4.47. The first-order valence-electron chi connectivity index (χ1n) is 6.11. The van der Waals surface area contributed by atoms with E-state index in [-0.39, 0.29) is 17.9 Å². The van der Waals surface area contributed by atoms with E-state index in [1.807, 2.05) is 0 Å². The number of rotatable bonds is 4. The average Bonchev–Trinajstić information content (AvgIpc) is 2.40. The van der Waals surface area contributed by atoms with Gasteiger partial charge in [0.2, 0.25) is 0 Å². The van der Waals surface area contributed by atoms with Crippen LogP contribution in [0.5, 0.6) is 0 Å². The highest BCUT2D eigenvalue weighted by Gasteiger charge is 2.14. The summed E-state index contributed by atoms with van der Waals surface area (Å²) in [6, 6.07) is 7.51. The van der Waals surface area contributed by atoms with Gasteiger partial charge in [-0.2, -0.15) is 0 Å². The van der Waals surface area contributed by atoms with E-state index in [0.717, 1.165) is 6.07 Å². The van der Waals surface area contributed by atoms with Gasteiger partial charge in [-0.15, -0.1) is 0 Å². The van der Waals surface area contributed by atoms with Crippen LogP contribution in [0.1, 0.15) is 17.2 Å². The molecule has 0 bridgehead atoms. The molecule has 0 saturated heterocycles. The summed E-state index contributed by atoms with van der Waals surface area (Å²) in [6.07, 6.45) is -1.15. The lowest BCUT2D eigenvalue weighted by Crippen LogP contribution is -2.14. The van der Waals surface area contributed by atoms with Gasteiger partial charge in [0, 0.05) is 29.4 Å². The molecular weight excluding hydrogens is 267 g/mol. The maximum atomic E-state index is 13.5. The largest absolute Gasteiger partial charge is 0.386 e. The molecule has 2 N–H and O–H groups in total. The van der Waals surface area contributed by atoms with Gasteiger partial charge in [0.25, 0.3) is 0 Å². The Labute approximate surface area is 114 Å². The molecule has 0 heterocycles. The van der Waals surface area contributed by atoms with Crippen molar-refractivity contribution in [3.63, 3.8) is 0 Å². The summed E-state index contributed by atoms with van der Waals surface area (Å²) in [5.74, 6) is -1.87. The number of anilines is 1. The molecule has 2 nitrogen and oxygen atoms in total. The van der Waals surface area contributed by atoms with Crippen LogP contribution < -0.4 is 5.32 Å². The zero-order valence-electron chi connectivity index (χ0n) is 10.8. The van der Waals surface area contributed by atoms with Crippen molar-refractivity contribution in [3.05, 3.63) is 65.0 Å². The second-order valence-corrected chi connectivity index (χ2v) is 4.47. The Hall–Kier alpha value is -2.01. The van der Waals surface area contributed by atoms with Crippen LogP contribution in [0.3, 0.4) is 0 Å². The number of nitrogens with one attached hydrogen (secondary N) is 1. The standard InChI is InChI=1S/C15H14F3NO/c1-9-12(17)3-2-4-14(9)19-8-15(20)11-6-5-10(16)7-13(11)18/h2-7,15,19-20H,8H2,1H3. The number of benzene rings is 2. The molecule has 0 aromatic heterocycles. The van der Waals surface area contributed by atoms with Gasteiger partial charge in [0.15, 0.2) is 0 Å². The molecule has 5 heteroatoms. The van der Waals surface area contributed by atoms with Gasteiger partial charge in [-0.3, -0.25) is 0 Å². The quantitative estimate of drug-likeness (QED) is 0.898. The maximum Gasteiger partial charge on any atom is 0.131 e. The first-order valence-corrected chi connectivity index (χ1v) is 6.11. The minimum atomic E-state index is -1.15. The molecule has 2 aromatic rings. The van der Waals surface area contributed by atoms with Crippen LogP contribution in [0.2, 0.25) is 0 Å². The molecule has 0 fully saturated rings. The van der Waals surface area contributed by atoms with E-state index in [0.29, 0.717) is 17.3 Å². The summed E-state index contributed by atoms with van der Waals surface area (Å²) in [4.78, 5) is 0. The van der Waals surface area contributed by atoms with E-state index in [1.165, 1.54) is 18.2 Å². The third-order valence-corrected chi connectivity index (χ3v) is 3.08. The molecular formula is C15H14F3NO. The minimum absolute atomic E-state index is 0.00652. The molecule has 0 aliphatic rings. The van der Waals surface area contributed by atoms with Crippen molar-refractivity contribution in [2.24, 2.45) is 0 Å². The average molecular weight is 281 g/mol. The maximum absolute atomic E-state index is 13.5. The number of aliphatic hydroxyl groups is 1. The molecule has 2 aromatic carbocycles. The Kier molecular flexibility index (Phi) is 4.29. The molecule has 1 atom stereocenters. The van der Waals surface area contributed by atoms with Crippen LogP contribution in [0.15, 0.2) is 36.4 Å². The molecule has 0 saturated carbocycles. The van der Waals surface area contributed by atoms with E-state index >= 15 is 0 Å². The highest BCUT2D eigenvalue weighted by molar-refractivity contribution is 5.51. The fourth-order valence-electron chi connectivity index (χ4n) is 1.89. The topological polar surface area (TPSA) is 32.3 Å². The lowest BCUT2D eigenvalue weighted by molar-refractivity contribution is 0.186. The first-order chi connectivity index (χ1) is 9.49. The summed E-state index contributed by atoms with van der Waals surface area (Å²) in [6.45, 7) is 1.59. The Morgan fingerprint density at radius 2 is 1.85 bits per heavy atom. The van der Waals surface area contributed by atoms with Crippen LogP contribution in [0, 0.1) is 24.4 Å². The third kappa shape index (κ3) is 3.11. The Bertz CT molecular complexity index is 616. The second kappa shape index (κ2) is 5.96. The van der Waals surface area contributed by atoms with Crippen LogP contribution in [-0.2, 0) is 0 Å². The highest BCUT2D eigenvalue weighted by Crippen LogP contribution is 2.21. The van der Waals surface area contributed by atoms with Crippen LogP contribution >= 0.6 is 0 Å². The SMILES string of the molecule is Cc1c(F)cccc1NCC(O)c1ccc(F)cc1F. The van der Waals surface area contributed by atoms with Gasteiger partial charge < -0.3 is 10.4 Å². The summed E-state index contributed by atoms with van der Waals surface area (Å²) in [7, 11) is 0. The van der Waals surface area contributed by atoms with Gasteiger partial charge in [-0.05, 0) is 25.1 Å². The van der Waals surface area contributed by atoms with E-state index in [2.05, 4.69) is 5.32 Å². The third-order valence-electron chi connectivity index (χ3n) is 3.08. The van der Waals surface area contributed by atoms with Crippen molar-refractivity contribution < 1.29 is 18.3 Å². The predicted octanol–water partition coefficient (Wildman–Crippen LogP) is 3.56. The Morgan fingerprint density at radius 1 is 1.10 bits per heavy atom. The molecule has 0 spiro atoms. The Morgan fingerprint density at radius 3 is 2.55 bits per heavy atom. The zero-order chi connectivity index (χ0) is 14.7. The summed E-state index contributed by atoms with van der Waals surface area (Å²) >= 11 is 0. The van der Waals surface area contributed by atoms with E-state index < -0.39 is 17.7 Å². The lowest BCUT2D eigenvalue weighted by atomic mass is 10.1. The molecule has 106 valence electrons. The van der Waals surface area contributed by atoms with Crippen molar-refractivity contribution in [2.75, 3.05) is 11.9 Å². The monoisotopic (exact) mass is 281 g/mol. The highest BCUT2D eigenvalue weighted by atomic mass is 19.1. The molecule has 0 radical (unpaired) electrons. The van der Waals surface area contributed by atoms with E-state index in [1.54, 1.807) is 13.0 Å². The van der Waals surface area contributed by atoms with Crippen LogP contribution in [0.25, 0.3) is 0 Å². The minimum Gasteiger partial charge on any atom is -0.386 e. The fraction of sp³-hybridized carbons (Fsp3) is 0.200. The van der Waals surface area contributed by atoms with E-state index in [9.17, 15) is 18.3 Å². The summed E-state index contributed by atoms with van der Waals surface area (Å²) in [5, 5.41) is 12.7. The van der Waals surface area contributed by atoms with Gasteiger partial charge in [-0.25, -0.2) is 13.2 Å². The van der Waals surface area contributed by atoms with Gasteiger partial charge in [-0.1, -0.05) is 12.1 Å². The molecule has 0 aliphatic heterocycles. The number of halogens is 3. The first kappa shape index (κ1) is 14.4. The number of hydrogen-bond acceptors (Lipinski definition) is 2. The molecule has 2 rings (SSSR count). The molecule has 0 amide bonds. The zero-order valence-corrected chi connectivity index (χ0v) is 10.8. The fourth-order valence-corrected chi connectivity index (χ4v) is 1.89. The van der Waals surface area contributed by atoms with Crippen molar-refractivity contribution in [1.29, 1.82) is 0 Å². The van der Waals surface area contributed by atoms with Crippen LogP contribution in [-0.4, -0.2) is 11.7 Å². The summed E-state index contributed by atoms with van der Waals surface area (Å²) < 4.78 is 39.6. The van der Waals surface area contributed by atoms with Crippen molar-refractivity contribution >= 4 is 5.69 Å². The van der Waals surface area contributed by atoms with Gasteiger partial charge in [0.05, 0.1) is 6.10 Å². The molecule has 20 heavy (non-hydrogen) atoms. The Balaban J connectivity index is 2.08. The van der Waals surface area contributed by atoms with E-state index in [4.69, 9.17) is 0 Å². The number of aliphatic hydroxyl groups excluding tert-OH is 1. The normalized spacial score (nSPS) is 12.2.